The summed E-state index contributed by atoms with van der Waals surface area (Å²) in [6, 6.07) is 90.4. The van der Waals surface area contributed by atoms with Crippen LogP contribution in [-0.4, -0.2) is 18.3 Å². The van der Waals surface area contributed by atoms with Crippen molar-refractivity contribution < 1.29 is 17.7 Å². The Labute approximate surface area is 496 Å². The molecule has 8 heterocycles. The van der Waals surface area contributed by atoms with Gasteiger partial charge in [-0.3, -0.25) is 0 Å². The second-order valence-corrected chi connectivity index (χ2v) is 23.2. The summed E-state index contributed by atoms with van der Waals surface area (Å²) >= 11 is 0. The smallest absolute Gasteiger partial charge is 0.145 e. The average molecular weight is 1120 g/mol. The minimum atomic E-state index is 0.443. The Kier molecular flexibility index (Phi) is 8.68. The Balaban J connectivity index is 1.02. The number of nitriles is 1. The Bertz CT molecular complexity index is 6380. The Morgan fingerprint density at radius 1 is 0.239 bits per heavy atom. The standard InChI is InChI=1S/C79H41N5O4/c80-42-55-74(83-58-27-11-3-23-53(58)72-62(83)39-35-49-45-19-7-15-31-68(45)87-78(49)72)64(81-56-25-9-1-21-51(56)70-60(81)37-33-47-43-17-5-13-29-66(43)85-76(47)70)41-65(82-57-26-10-2-22-52(57)71-61(82)38-34-48-44-18-6-14-30-67(44)86-77(48)71)75(55)84-59-28-12-4-24-54(59)73-63(84)40-36-50-46-20-8-16-32-69(46)88-79(50)73/h1-41H. The molecule has 0 bridgehead atoms. The highest BCUT2D eigenvalue weighted by molar-refractivity contribution is 6.29. The first-order chi connectivity index (χ1) is 43.7. The minimum absolute atomic E-state index is 0.443. The molecule has 9 heteroatoms. The van der Waals surface area contributed by atoms with Gasteiger partial charge in [-0.05, 0) is 103 Å². The average Bonchev–Trinajstić information content (AvgIpc) is 1.59. The fourth-order valence-corrected chi connectivity index (χ4v) is 15.5. The van der Waals surface area contributed by atoms with Gasteiger partial charge in [-0.15, -0.1) is 0 Å². The van der Waals surface area contributed by atoms with Gasteiger partial charge in [0.05, 0.1) is 88.4 Å². The molecular formula is C79H41N5O4. The second-order valence-electron chi connectivity index (χ2n) is 23.2. The fraction of sp³-hybridized carbons (Fsp3) is 0. The van der Waals surface area contributed by atoms with Crippen molar-refractivity contribution in [2.45, 2.75) is 0 Å². The van der Waals surface area contributed by atoms with Gasteiger partial charge in [0.2, 0.25) is 0 Å². The van der Waals surface area contributed by atoms with Gasteiger partial charge in [0, 0.05) is 64.6 Å². The highest BCUT2D eigenvalue weighted by Gasteiger charge is 2.33. The molecule has 0 aliphatic carbocycles. The van der Waals surface area contributed by atoms with Crippen molar-refractivity contribution in [1.29, 1.82) is 5.26 Å². The maximum Gasteiger partial charge on any atom is 0.145 e. The number of fused-ring (bicyclic) bond motifs is 28. The molecule has 0 aliphatic rings. The number of para-hydroxylation sites is 8. The molecule has 406 valence electrons. The van der Waals surface area contributed by atoms with E-state index in [0.717, 1.165) is 186 Å². The Morgan fingerprint density at radius 2 is 0.489 bits per heavy atom. The van der Waals surface area contributed by atoms with Crippen molar-refractivity contribution >= 4 is 175 Å². The number of nitrogens with zero attached hydrogens (tertiary/aromatic N) is 5. The van der Waals surface area contributed by atoms with Crippen molar-refractivity contribution in [1.82, 2.24) is 18.3 Å². The lowest BCUT2D eigenvalue weighted by molar-refractivity contribution is 0.672. The van der Waals surface area contributed by atoms with Crippen LogP contribution >= 0.6 is 0 Å². The lowest BCUT2D eigenvalue weighted by Crippen LogP contribution is -2.13. The summed E-state index contributed by atoms with van der Waals surface area (Å²) in [5.74, 6) is 0. The van der Waals surface area contributed by atoms with Crippen LogP contribution in [-0.2, 0) is 0 Å². The molecule has 8 aromatic heterocycles. The lowest BCUT2D eigenvalue weighted by atomic mass is 10.0. The van der Waals surface area contributed by atoms with Gasteiger partial charge < -0.3 is 35.9 Å². The molecule has 0 amide bonds. The van der Waals surface area contributed by atoms with Crippen molar-refractivity contribution in [3.8, 4) is 28.8 Å². The second kappa shape index (κ2) is 16.5. The summed E-state index contributed by atoms with van der Waals surface area (Å²) in [5.41, 5.74) is 17.2. The van der Waals surface area contributed by atoms with E-state index in [0.29, 0.717) is 16.9 Å². The number of hydrogen-bond donors (Lipinski definition) is 0. The van der Waals surface area contributed by atoms with Gasteiger partial charge in [0.1, 0.15) is 56.3 Å². The predicted octanol–water partition coefficient (Wildman–Crippen LogP) is 21.5. The van der Waals surface area contributed by atoms with Crippen molar-refractivity contribution in [3.63, 3.8) is 0 Å². The monoisotopic (exact) mass is 1120 g/mol. The van der Waals surface area contributed by atoms with Crippen LogP contribution in [0, 0.1) is 11.3 Å². The molecule has 9 nitrogen and oxygen atoms in total. The normalized spacial score (nSPS) is 12.5. The van der Waals surface area contributed by atoms with Crippen LogP contribution in [0.3, 0.4) is 0 Å². The highest BCUT2D eigenvalue weighted by Crippen LogP contribution is 2.51. The van der Waals surface area contributed by atoms with E-state index in [1.807, 2.05) is 48.5 Å². The Hall–Kier alpha value is -12.3. The van der Waals surface area contributed by atoms with Gasteiger partial charge in [-0.1, -0.05) is 146 Å². The van der Waals surface area contributed by atoms with Gasteiger partial charge >= 0.3 is 0 Å². The van der Waals surface area contributed by atoms with Gasteiger partial charge in [-0.2, -0.15) is 5.26 Å². The molecule has 0 saturated carbocycles. The SMILES string of the molecule is N#Cc1c(-n2c3ccccc3c3c4oc5ccccc5c4ccc32)c(-n2c3ccccc3c3c4oc5ccccc5c4ccc32)cc(-n2c3ccccc3c3c4oc5ccccc5c4ccc32)c1-n1c2ccccc2c2c3oc4ccccc4c3ccc21. The van der Waals surface area contributed by atoms with Crippen LogP contribution in [0.25, 0.3) is 198 Å². The van der Waals surface area contributed by atoms with Gasteiger partial charge in [0.25, 0.3) is 0 Å². The number of aromatic nitrogens is 4. The molecule has 0 N–H and O–H groups in total. The molecule has 0 radical (unpaired) electrons. The highest BCUT2D eigenvalue weighted by atomic mass is 16.3. The summed E-state index contributed by atoms with van der Waals surface area (Å²) in [5, 5.41) is 29.3. The summed E-state index contributed by atoms with van der Waals surface area (Å²) in [6.45, 7) is 0. The van der Waals surface area contributed by atoms with Crippen LogP contribution in [0.15, 0.2) is 266 Å². The summed E-state index contributed by atoms with van der Waals surface area (Å²) in [7, 11) is 0. The largest absolute Gasteiger partial charge is 0.455 e. The lowest BCUT2D eigenvalue weighted by Gasteiger charge is -2.25. The van der Waals surface area contributed by atoms with E-state index < -0.39 is 0 Å². The molecule has 0 atom stereocenters. The number of hydrogen-bond acceptors (Lipinski definition) is 5. The van der Waals surface area contributed by atoms with Gasteiger partial charge in [-0.25, -0.2) is 0 Å². The molecule has 21 rings (SSSR count). The van der Waals surface area contributed by atoms with E-state index in [-0.39, 0.29) is 0 Å². The van der Waals surface area contributed by atoms with Crippen molar-refractivity contribution in [2.24, 2.45) is 0 Å². The summed E-state index contributed by atoms with van der Waals surface area (Å²) in [6.07, 6.45) is 0. The Morgan fingerprint density at radius 3 is 0.784 bits per heavy atom. The van der Waals surface area contributed by atoms with Crippen LogP contribution in [0.4, 0.5) is 0 Å². The molecule has 0 fully saturated rings. The van der Waals surface area contributed by atoms with E-state index in [9.17, 15) is 5.26 Å². The first kappa shape index (κ1) is 46.2. The zero-order valence-electron chi connectivity index (χ0n) is 46.5. The fourth-order valence-electron chi connectivity index (χ4n) is 15.5. The quantitative estimate of drug-likeness (QED) is 0.175. The van der Waals surface area contributed by atoms with E-state index in [1.54, 1.807) is 0 Å². The van der Waals surface area contributed by atoms with Crippen molar-refractivity contribution in [3.05, 3.63) is 254 Å². The topological polar surface area (TPSA) is 96.1 Å². The van der Waals surface area contributed by atoms with E-state index in [4.69, 9.17) is 17.7 Å². The zero-order valence-corrected chi connectivity index (χ0v) is 46.5. The molecule has 0 unspecified atom stereocenters. The molecule has 0 spiro atoms. The van der Waals surface area contributed by atoms with E-state index in [2.05, 4.69) is 225 Å². The minimum Gasteiger partial charge on any atom is -0.455 e. The molecule has 0 saturated heterocycles. The van der Waals surface area contributed by atoms with Crippen LogP contribution in [0.5, 0.6) is 0 Å². The molecule has 88 heavy (non-hydrogen) atoms. The first-order valence-corrected chi connectivity index (χ1v) is 29.6. The number of furan rings is 4. The zero-order chi connectivity index (χ0) is 57.2. The summed E-state index contributed by atoms with van der Waals surface area (Å²) < 4.78 is 37.3. The maximum atomic E-state index is 13.1. The third-order valence-electron chi connectivity index (χ3n) is 19.0. The van der Waals surface area contributed by atoms with Gasteiger partial charge in [0.15, 0.2) is 0 Å². The third kappa shape index (κ3) is 5.70. The predicted molar refractivity (Wildman–Crippen MR) is 358 cm³/mol. The van der Waals surface area contributed by atoms with Crippen molar-refractivity contribution in [2.75, 3.05) is 0 Å². The number of benzene rings is 13. The van der Waals surface area contributed by atoms with E-state index in [1.165, 1.54) is 0 Å². The molecule has 13 aromatic carbocycles. The summed E-state index contributed by atoms with van der Waals surface area (Å²) in [4.78, 5) is 0. The molecule has 0 aliphatic heterocycles. The number of rotatable bonds is 4. The van der Waals surface area contributed by atoms with Crippen LogP contribution in [0.2, 0.25) is 0 Å². The van der Waals surface area contributed by atoms with Crippen LogP contribution < -0.4 is 0 Å². The third-order valence-corrected chi connectivity index (χ3v) is 19.0. The first-order valence-electron chi connectivity index (χ1n) is 29.6. The molecular weight excluding hydrogens is 1080 g/mol. The van der Waals surface area contributed by atoms with E-state index >= 15 is 0 Å². The maximum absolute atomic E-state index is 13.1. The van der Waals surface area contributed by atoms with Crippen LogP contribution in [0.1, 0.15) is 5.56 Å². The molecule has 21 aromatic rings.